The Bertz CT molecular complexity index is 708. The highest BCUT2D eigenvalue weighted by Gasteiger charge is 2.20. The molecule has 0 aromatic heterocycles. The van der Waals surface area contributed by atoms with Crippen LogP contribution in [0.15, 0.2) is 53.4 Å². The van der Waals surface area contributed by atoms with Gasteiger partial charge in [-0.15, -0.1) is 0 Å². The first-order valence-electron chi connectivity index (χ1n) is 6.93. The summed E-state index contributed by atoms with van der Waals surface area (Å²) in [6, 6.07) is 12.7. The van der Waals surface area contributed by atoms with E-state index in [0.29, 0.717) is 22.0 Å². The first-order chi connectivity index (χ1) is 11.1. The minimum Gasteiger partial charge on any atom is -0.612 e. The Morgan fingerprint density at radius 1 is 1.09 bits per heavy atom. The number of carbonyl (C=O) groups is 1. The molecule has 2 aromatic rings. The Labute approximate surface area is 138 Å². The first kappa shape index (κ1) is 17.1. The van der Waals surface area contributed by atoms with Crippen molar-refractivity contribution in [3.05, 3.63) is 59.7 Å². The molecule has 0 radical (unpaired) electrons. The second-order valence-corrected chi connectivity index (χ2v) is 6.11. The molecule has 0 saturated carbocycles. The van der Waals surface area contributed by atoms with Gasteiger partial charge in [-0.05, 0) is 22.8 Å². The van der Waals surface area contributed by atoms with E-state index in [1.807, 2.05) is 30.3 Å². The van der Waals surface area contributed by atoms with E-state index in [0.717, 1.165) is 5.56 Å². The lowest BCUT2D eigenvalue weighted by Gasteiger charge is -2.13. The van der Waals surface area contributed by atoms with Gasteiger partial charge in [-0.2, -0.15) is 0 Å². The highest BCUT2D eigenvalue weighted by molar-refractivity contribution is 7.90. The van der Waals surface area contributed by atoms with E-state index < -0.39 is 11.2 Å². The van der Waals surface area contributed by atoms with Crippen LogP contribution in [0.2, 0.25) is 0 Å². The standard InChI is InChI=1S/C18H18O4S/c1-21-16-12-17(22-2)18(23(3)20)11-14(16)15(19)10-9-13-7-5-4-6-8-13/h4-12H,1-3H3/b10-9+. The summed E-state index contributed by atoms with van der Waals surface area (Å²) in [5.74, 6) is 0.602. The van der Waals surface area contributed by atoms with Crippen LogP contribution >= 0.6 is 0 Å². The van der Waals surface area contributed by atoms with E-state index >= 15 is 0 Å². The maximum atomic E-state index is 12.5. The lowest BCUT2D eigenvalue weighted by atomic mass is 10.1. The zero-order valence-corrected chi connectivity index (χ0v) is 14.1. The monoisotopic (exact) mass is 330 g/mol. The predicted molar refractivity (Wildman–Crippen MR) is 91.7 cm³/mol. The summed E-state index contributed by atoms with van der Waals surface area (Å²) in [4.78, 5) is 12.9. The van der Waals surface area contributed by atoms with Gasteiger partial charge in [-0.25, -0.2) is 0 Å². The summed E-state index contributed by atoms with van der Waals surface area (Å²) in [6.45, 7) is 0. The van der Waals surface area contributed by atoms with Crippen molar-refractivity contribution in [3.63, 3.8) is 0 Å². The lowest BCUT2D eigenvalue weighted by Crippen LogP contribution is -2.06. The Morgan fingerprint density at radius 3 is 2.30 bits per heavy atom. The maximum Gasteiger partial charge on any atom is 0.195 e. The number of benzene rings is 2. The van der Waals surface area contributed by atoms with Gasteiger partial charge >= 0.3 is 0 Å². The summed E-state index contributed by atoms with van der Waals surface area (Å²) in [6.07, 6.45) is 4.75. The van der Waals surface area contributed by atoms with Crippen molar-refractivity contribution in [3.8, 4) is 11.5 Å². The number of carbonyl (C=O) groups excluding carboxylic acids is 1. The quantitative estimate of drug-likeness (QED) is 0.463. The van der Waals surface area contributed by atoms with Gasteiger partial charge in [0, 0.05) is 12.1 Å². The molecule has 0 N–H and O–H groups in total. The van der Waals surface area contributed by atoms with Crippen LogP contribution in [-0.4, -0.2) is 30.8 Å². The lowest BCUT2D eigenvalue weighted by molar-refractivity contribution is 0.104. The van der Waals surface area contributed by atoms with Crippen LogP contribution < -0.4 is 9.47 Å². The van der Waals surface area contributed by atoms with Crippen LogP contribution in [0.5, 0.6) is 11.5 Å². The topological polar surface area (TPSA) is 58.6 Å². The average molecular weight is 330 g/mol. The van der Waals surface area contributed by atoms with E-state index in [4.69, 9.17) is 9.47 Å². The van der Waals surface area contributed by atoms with Crippen LogP contribution in [0.1, 0.15) is 15.9 Å². The Hall–Kier alpha value is -2.24. The van der Waals surface area contributed by atoms with Gasteiger partial charge in [0.1, 0.15) is 12.0 Å². The van der Waals surface area contributed by atoms with Gasteiger partial charge in [0.2, 0.25) is 0 Å². The van der Waals surface area contributed by atoms with E-state index in [1.165, 1.54) is 20.3 Å². The number of rotatable bonds is 6. The van der Waals surface area contributed by atoms with Crippen LogP contribution in [0, 0.1) is 0 Å². The van der Waals surface area contributed by atoms with Crippen molar-refractivity contribution in [2.75, 3.05) is 20.5 Å². The molecule has 4 nitrogen and oxygen atoms in total. The largest absolute Gasteiger partial charge is 0.612 e. The fourth-order valence-electron chi connectivity index (χ4n) is 2.11. The molecule has 0 spiro atoms. The van der Waals surface area contributed by atoms with Crippen molar-refractivity contribution in [2.24, 2.45) is 0 Å². The highest BCUT2D eigenvalue weighted by atomic mass is 32.2. The molecular formula is C18H18O4S. The molecule has 0 amide bonds. The van der Waals surface area contributed by atoms with Gasteiger partial charge in [-0.1, -0.05) is 36.4 Å². The summed E-state index contributed by atoms with van der Waals surface area (Å²) in [7, 11) is 2.97. The normalized spacial score (nSPS) is 12.2. The molecule has 0 bridgehead atoms. The van der Waals surface area contributed by atoms with Crippen molar-refractivity contribution >= 4 is 23.0 Å². The first-order valence-corrected chi connectivity index (χ1v) is 8.49. The fraction of sp³-hybridized carbons (Fsp3) is 0.167. The molecule has 1 atom stereocenters. The van der Waals surface area contributed by atoms with Crippen LogP contribution in [0.3, 0.4) is 0 Å². The van der Waals surface area contributed by atoms with Crippen LogP contribution in [0.25, 0.3) is 6.08 Å². The molecular weight excluding hydrogens is 312 g/mol. The van der Waals surface area contributed by atoms with Crippen molar-refractivity contribution in [1.82, 2.24) is 0 Å². The second-order valence-electron chi connectivity index (χ2n) is 4.77. The van der Waals surface area contributed by atoms with Gasteiger partial charge in [0.05, 0.1) is 19.8 Å². The van der Waals surface area contributed by atoms with Crippen LogP contribution in [-0.2, 0) is 11.2 Å². The Morgan fingerprint density at radius 2 is 1.74 bits per heavy atom. The third-order valence-electron chi connectivity index (χ3n) is 3.29. The summed E-state index contributed by atoms with van der Waals surface area (Å²) >= 11 is -1.27. The molecule has 2 aromatic carbocycles. The zero-order valence-electron chi connectivity index (χ0n) is 13.2. The van der Waals surface area contributed by atoms with Gasteiger partial charge in [0.25, 0.3) is 0 Å². The summed E-state index contributed by atoms with van der Waals surface area (Å²) in [5.41, 5.74) is 1.28. The van der Waals surface area contributed by atoms with Gasteiger partial charge in [0.15, 0.2) is 16.4 Å². The smallest absolute Gasteiger partial charge is 0.195 e. The maximum absolute atomic E-state index is 12.5. The molecule has 0 fully saturated rings. The molecule has 5 heteroatoms. The summed E-state index contributed by atoms with van der Waals surface area (Å²) in [5, 5.41) is 0. The number of ether oxygens (including phenoxy) is 2. The van der Waals surface area contributed by atoms with Crippen molar-refractivity contribution in [1.29, 1.82) is 0 Å². The molecule has 120 valence electrons. The molecule has 2 rings (SSSR count). The number of hydrogen-bond acceptors (Lipinski definition) is 4. The van der Waals surface area contributed by atoms with E-state index in [2.05, 4.69) is 0 Å². The predicted octanol–water partition coefficient (Wildman–Crippen LogP) is 3.34. The van der Waals surface area contributed by atoms with Gasteiger partial charge < -0.3 is 14.0 Å². The zero-order chi connectivity index (χ0) is 16.8. The molecule has 0 aliphatic carbocycles. The number of methoxy groups -OCH3 is 2. The molecule has 0 aliphatic rings. The van der Waals surface area contributed by atoms with Crippen molar-refractivity contribution in [2.45, 2.75) is 4.90 Å². The third kappa shape index (κ3) is 4.15. The Balaban J connectivity index is 2.39. The van der Waals surface area contributed by atoms with E-state index in [9.17, 15) is 9.35 Å². The van der Waals surface area contributed by atoms with Crippen LogP contribution in [0.4, 0.5) is 0 Å². The molecule has 0 aliphatic heterocycles. The molecule has 0 heterocycles. The third-order valence-corrected chi connectivity index (χ3v) is 4.23. The van der Waals surface area contributed by atoms with E-state index in [1.54, 1.807) is 24.5 Å². The number of allylic oxidation sites excluding steroid dienone is 1. The fourth-order valence-corrected chi connectivity index (χ4v) is 2.82. The summed E-state index contributed by atoms with van der Waals surface area (Å²) < 4.78 is 22.3. The average Bonchev–Trinajstić information content (AvgIpc) is 2.59. The second kappa shape index (κ2) is 7.85. The molecule has 1 unspecified atom stereocenters. The Kier molecular flexibility index (Phi) is 5.84. The minimum absolute atomic E-state index is 0.222. The number of ketones is 1. The molecule has 23 heavy (non-hydrogen) atoms. The van der Waals surface area contributed by atoms with E-state index in [-0.39, 0.29) is 5.78 Å². The minimum atomic E-state index is -1.27. The van der Waals surface area contributed by atoms with Gasteiger partial charge in [-0.3, -0.25) is 4.79 Å². The molecule has 0 saturated heterocycles. The van der Waals surface area contributed by atoms with Crippen molar-refractivity contribution < 1.29 is 18.8 Å². The highest BCUT2D eigenvalue weighted by Crippen LogP contribution is 2.32. The number of hydrogen-bond donors (Lipinski definition) is 0. The SMILES string of the molecule is COc1cc(OC)c([S+](C)[O-])cc1C(=O)/C=C/c1ccccc1.